The molecule has 0 radical (unpaired) electrons. The lowest BCUT2D eigenvalue weighted by atomic mass is 9.79. The topological polar surface area (TPSA) is 72.7 Å². The van der Waals surface area contributed by atoms with Crippen molar-refractivity contribution in [3.8, 4) is 0 Å². The minimum Gasteiger partial charge on any atom is -0.310 e. The van der Waals surface area contributed by atoms with Crippen LogP contribution in [0.15, 0.2) is 42.6 Å². The number of hydrogen-bond donors (Lipinski definition) is 1. The lowest BCUT2D eigenvalue weighted by Gasteiger charge is -2.26. The summed E-state index contributed by atoms with van der Waals surface area (Å²) in [6.07, 6.45) is 13.1. The molecule has 2 aromatic heterocycles. The first-order chi connectivity index (χ1) is 14.0. The Kier molecular flexibility index (Phi) is 5.30. The average Bonchev–Trinajstić information content (AvgIpc) is 3.37. The fourth-order valence-electron chi connectivity index (χ4n) is 4.47. The number of rotatable bonds is 7. The van der Waals surface area contributed by atoms with E-state index >= 15 is 0 Å². The fourth-order valence-corrected chi connectivity index (χ4v) is 4.47. The Hall–Kier alpha value is -2.83. The van der Waals surface area contributed by atoms with Gasteiger partial charge in [0.1, 0.15) is 23.3 Å². The summed E-state index contributed by atoms with van der Waals surface area (Å²) in [7, 11) is 0. The van der Waals surface area contributed by atoms with Gasteiger partial charge in [-0.1, -0.05) is 31.2 Å². The van der Waals surface area contributed by atoms with Crippen molar-refractivity contribution in [3.63, 3.8) is 0 Å². The third kappa shape index (κ3) is 3.99. The van der Waals surface area contributed by atoms with E-state index in [0.29, 0.717) is 11.7 Å². The zero-order valence-electron chi connectivity index (χ0n) is 16.8. The third-order valence-electron chi connectivity index (χ3n) is 6.09. The first kappa shape index (κ1) is 19.5. The van der Waals surface area contributed by atoms with Gasteiger partial charge in [-0.25, -0.2) is 19.0 Å². The van der Waals surface area contributed by atoms with E-state index in [1.54, 1.807) is 0 Å². The molecule has 1 unspecified atom stereocenters. The van der Waals surface area contributed by atoms with E-state index in [0.717, 1.165) is 50.1 Å². The molecule has 1 amide bonds. The SMILES string of the molecule is CCc1nc(C)nn1CC[C@@]1(C2C=CC=CC2)C[C@H]1C(=O)Nc1ccc(F)cn1. The molecule has 0 spiro atoms. The summed E-state index contributed by atoms with van der Waals surface area (Å²) in [5.41, 5.74) is -0.101. The molecule has 2 heterocycles. The van der Waals surface area contributed by atoms with Crippen molar-refractivity contribution < 1.29 is 9.18 Å². The van der Waals surface area contributed by atoms with Crippen LogP contribution in [0.5, 0.6) is 0 Å². The molecule has 1 N–H and O–H groups in total. The van der Waals surface area contributed by atoms with E-state index in [1.807, 2.05) is 11.6 Å². The molecule has 0 aliphatic heterocycles. The number of allylic oxidation sites excluding steroid dienone is 4. The first-order valence-electron chi connectivity index (χ1n) is 10.2. The number of anilines is 1. The number of carbonyl (C=O) groups is 1. The van der Waals surface area contributed by atoms with Crippen molar-refractivity contribution in [2.45, 2.75) is 46.1 Å². The van der Waals surface area contributed by atoms with E-state index in [2.05, 4.69) is 51.6 Å². The first-order valence-corrected chi connectivity index (χ1v) is 10.2. The van der Waals surface area contributed by atoms with E-state index in [9.17, 15) is 9.18 Å². The number of nitrogens with zero attached hydrogens (tertiary/aromatic N) is 4. The molecule has 7 heteroatoms. The lowest BCUT2D eigenvalue weighted by molar-refractivity contribution is -0.118. The lowest BCUT2D eigenvalue weighted by Crippen LogP contribution is -2.26. The summed E-state index contributed by atoms with van der Waals surface area (Å²) in [6.45, 7) is 4.73. The van der Waals surface area contributed by atoms with Crippen LogP contribution in [0.2, 0.25) is 0 Å². The fraction of sp³-hybridized carbons (Fsp3) is 0.455. The largest absolute Gasteiger partial charge is 0.310 e. The molecule has 1 fully saturated rings. The Morgan fingerprint density at radius 1 is 1.38 bits per heavy atom. The maximum absolute atomic E-state index is 13.1. The van der Waals surface area contributed by atoms with Crippen molar-refractivity contribution in [2.24, 2.45) is 17.3 Å². The quantitative estimate of drug-likeness (QED) is 0.773. The number of nitrogens with one attached hydrogen (secondary N) is 1. The predicted molar refractivity (Wildman–Crippen MR) is 109 cm³/mol. The maximum atomic E-state index is 13.1. The summed E-state index contributed by atoms with van der Waals surface area (Å²) in [6, 6.07) is 2.79. The monoisotopic (exact) mass is 395 g/mol. The van der Waals surface area contributed by atoms with Gasteiger partial charge in [0.2, 0.25) is 5.91 Å². The molecule has 2 aliphatic carbocycles. The zero-order valence-corrected chi connectivity index (χ0v) is 16.8. The minimum atomic E-state index is -0.419. The number of aromatic nitrogens is 4. The van der Waals surface area contributed by atoms with Crippen molar-refractivity contribution in [2.75, 3.05) is 5.32 Å². The van der Waals surface area contributed by atoms with Gasteiger partial charge in [-0.15, -0.1) is 0 Å². The maximum Gasteiger partial charge on any atom is 0.229 e. The van der Waals surface area contributed by atoms with Crippen LogP contribution in [0.3, 0.4) is 0 Å². The summed E-state index contributed by atoms with van der Waals surface area (Å²) >= 11 is 0. The molecule has 152 valence electrons. The molecule has 0 saturated heterocycles. The Balaban J connectivity index is 1.50. The second-order valence-corrected chi connectivity index (χ2v) is 7.90. The van der Waals surface area contributed by atoms with Crippen LogP contribution in [0.4, 0.5) is 10.2 Å². The van der Waals surface area contributed by atoms with Crippen molar-refractivity contribution in [1.82, 2.24) is 19.7 Å². The molecular weight excluding hydrogens is 369 g/mol. The highest BCUT2D eigenvalue weighted by Gasteiger charge is 2.60. The molecule has 1 saturated carbocycles. The number of aryl methyl sites for hydroxylation is 3. The highest BCUT2D eigenvalue weighted by Crippen LogP contribution is 2.62. The molecule has 3 atom stereocenters. The summed E-state index contributed by atoms with van der Waals surface area (Å²) < 4.78 is 15.1. The molecule has 0 bridgehead atoms. The highest BCUT2D eigenvalue weighted by molar-refractivity contribution is 5.94. The van der Waals surface area contributed by atoms with E-state index in [4.69, 9.17) is 0 Å². The minimum absolute atomic E-state index is 0.0439. The number of pyridine rings is 1. The van der Waals surface area contributed by atoms with Crippen LogP contribution in [-0.2, 0) is 17.8 Å². The van der Waals surface area contributed by atoms with Crippen molar-refractivity contribution in [3.05, 3.63) is 60.1 Å². The third-order valence-corrected chi connectivity index (χ3v) is 6.09. The number of amides is 1. The second kappa shape index (κ2) is 7.89. The zero-order chi connectivity index (χ0) is 20.4. The smallest absolute Gasteiger partial charge is 0.229 e. The van der Waals surface area contributed by atoms with Gasteiger partial charge in [0.25, 0.3) is 0 Å². The van der Waals surface area contributed by atoms with Crippen molar-refractivity contribution in [1.29, 1.82) is 0 Å². The number of hydrogen-bond acceptors (Lipinski definition) is 4. The molecule has 0 aromatic carbocycles. The molecular formula is C22H26FN5O. The number of halogens is 1. The van der Waals surface area contributed by atoms with E-state index < -0.39 is 5.82 Å². The second-order valence-electron chi connectivity index (χ2n) is 7.90. The summed E-state index contributed by atoms with van der Waals surface area (Å²) in [5.74, 6) is 1.91. The Bertz CT molecular complexity index is 949. The van der Waals surface area contributed by atoms with Gasteiger partial charge in [0.15, 0.2) is 0 Å². The van der Waals surface area contributed by atoms with Gasteiger partial charge in [-0.05, 0) is 49.7 Å². The normalized spacial score (nSPS) is 25.2. The Labute approximate surface area is 169 Å². The van der Waals surface area contributed by atoms with Gasteiger partial charge < -0.3 is 5.32 Å². The van der Waals surface area contributed by atoms with Crippen LogP contribution >= 0.6 is 0 Å². The molecule has 6 nitrogen and oxygen atoms in total. The van der Waals surface area contributed by atoms with Gasteiger partial charge in [-0.2, -0.15) is 5.10 Å². The van der Waals surface area contributed by atoms with E-state index in [-0.39, 0.29) is 17.2 Å². The van der Waals surface area contributed by atoms with Crippen LogP contribution in [0, 0.1) is 30.0 Å². The van der Waals surface area contributed by atoms with Crippen LogP contribution in [0.1, 0.15) is 37.8 Å². The molecule has 2 aliphatic rings. The van der Waals surface area contributed by atoms with Crippen LogP contribution < -0.4 is 5.32 Å². The average molecular weight is 395 g/mol. The number of carbonyl (C=O) groups excluding carboxylic acids is 1. The van der Waals surface area contributed by atoms with E-state index in [1.165, 1.54) is 12.1 Å². The Morgan fingerprint density at radius 2 is 2.24 bits per heavy atom. The van der Waals surface area contributed by atoms with Gasteiger partial charge in [-0.3, -0.25) is 4.79 Å². The molecule has 2 aromatic rings. The standard InChI is InChI=1S/C22H26FN5O/c1-3-20-25-15(2)27-28(20)12-11-22(16-7-5-4-6-8-16)13-18(22)21(29)26-19-10-9-17(23)14-24-19/h4-7,9-10,14,16,18H,3,8,11-13H2,1-2H3,(H,24,26,29)/t16?,18-,22-/m0/s1. The van der Waals surface area contributed by atoms with Crippen LogP contribution in [0.25, 0.3) is 0 Å². The molecule has 4 rings (SSSR count). The summed E-state index contributed by atoms with van der Waals surface area (Å²) in [4.78, 5) is 21.4. The predicted octanol–water partition coefficient (Wildman–Crippen LogP) is 3.85. The van der Waals surface area contributed by atoms with Crippen molar-refractivity contribution >= 4 is 11.7 Å². The van der Waals surface area contributed by atoms with Crippen LogP contribution in [-0.4, -0.2) is 25.7 Å². The highest BCUT2D eigenvalue weighted by atomic mass is 19.1. The summed E-state index contributed by atoms with van der Waals surface area (Å²) in [5, 5.41) is 7.39. The molecule has 29 heavy (non-hydrogen) atoms. The van der Waals surface area contributed by atoms with Gasteiger partial charge in [0.05, 0.1) is 6.20 Å². The Morgan fingerprint density at radius 3 is 2.93 bits per heavy atom. The van der Waals surface area contributed by atoms with Gasteiger partial charge >= 0.3 is 0 Å². The van der Waals surface area contributed by atoms with Gasteiger partial charge in [0, 0.05) is 18.9 Å².